The van der Waals surface area contributed by atoms with E-state index in [-0.39, 0.29) is 17.8 Å². The van der Waals surface area contributed by atoms with Crippen LogP contribution in [0.25, 0.3) is 0 Å². The largest absolute Gasteiger partial charge is 0.478 e. The van der Waals surface area contributed by atoms with Crippen LogP contribution >= 0.6 is 0 Å². The summed E-state index contributed by atoms with van der Waals surface area (Å²) in [5, 5.41) is 0. The molecule has 3 aromatic rings. The number of benzene rings is 3. The smallest absolute Gasteiger partial charge is 0.337 e. The molecule has 1 aliphatic heterocycles. The van der Waals surface area contributed by atoms with Crippen molar-refractivity contribution in [3.8, 4) is 5.75 Å². The van der Waals surface area contributed by atoms with Gasteiger partial charge in [-0.3, -0.25) is 4.79 Å². The Labute approximate surface area is 173 Å². The summed E-state index contributed by atoms with van der Waals surface area (Å²) in [5.74, 6) is -0.293. The number of carbonyl (C=O) groups is 2. The molecular weight excluding hydrogens is 385 g/mol. The van der Waals surface area contributed by atoms with Gasteiger partial charge in [0, 0.05) is 6.54 Å². The molecule has 152 valence electrons. The Morgan fingerprint density at radius 1 is 0.967 bits per heavy atom. The van der Waals surface area contributed by atoms with Crippen molar-refractivity contribution in [1.82, 2.24) is 4.90 Å². The lowest BCUT2D eigenvalue weighted by molar-refractivity contribution is -0.165. The fourth-order valence-corrected chi connectivity index (χ4v) is 3.53. The molecule has 4 rings (SSSR count). The summed E-state index contributed by atoms with van der Waals surface area (Å²) < 4.78 is 24.0. The van der Waals surface area contributed by atoms with Gasteiger partial charge in [0.15, 0.2) is 0 Å². The zero-order valence-electron chi connectivity index (χ0n) is 16.3. The Morgan fingerprint density at radius 3 is 2.27 bits per heavy atom. The number of rotatable bonds is 6. The van der Waals surface area contributed by atoms with E-state index in [4.69, 9.17) is 9.47 Å². The highest BCUT2D eigenvalue weighted by Gasteiger charge is 2.50. The Morgan fingerprint density at radius 2 is 1.63 bits per heavy atom. The van der Waals surface area contributed by atoms with Crippen LogP contribution in [-0.2, 0) is 16.1 Å². The van der Waals surface area contributed by atoms with Crippen LogP contribution in [0.15, 0.2) is 78.9 Å². The second-order valence-electron chi connectivity index (χ2n) is 7.00. The van der Waals surface area contributed by atoms with Gasteiger partial charge in [0.1, 0.15) is 17.6 Å². The Hall–Kier alpha value is -3.67. The predicted molar refractivity (Wildman–Crippen MR) is 108 cm³/mol. The summed E-state index contributed by atoms with van der Waals surface area (Å²) in [7, 11) is 1.33. The molecule has 1 fully saturated rings. The van der Waals surface area contributed by atoms with E-state index in [1.807, 2.05) is 18.2 Å². The summed E-state index contributed by atoms with van der Waals surface area (Å²) in [6, 6.07) is 21.8. The van der Waals surface area contributed by atoms with Gasteiger partial charge in [-0.25, -0.2) is 9.18 Å². The fourth-order valence-electron chi connectivity index (χ4n) is 3.53. The molecule has 3 aromatic carbocycles. The molecule has 6 heteroatoms. The molecule has 1 aliphatic rings. The summed E-state index contributed by atoms with van der Waals surface area (Å²) in [4.78, 5) is 26.3. The molecule has 1 saturated heterocycles. The van der Waals surface area contributed by atoms with Crippen molar-refractivity contribution in [3.63, 3.8) is 0 Å². The van der Waals surface area contributed by atoms with Gasteiger partial charge in [-0.1, -0.05) is 42.5 Å². The molecule has 0 spiro atoms. The minimum Gasteiger partial charge on any atom is -0.478 e. The van der Waals surface area contributed by atoms with Crippen molar-refractivity contribution >= 4 is 11.9 Å². The number of carbonyl (C=O) groups excluding carboxylic acids is 2. The Balaban J connectivity index is 1.61. The van der Waals surface area contributed by atoms with Crippen molar-refractivity contribution in [2.75, 3.05) is 7.11 Å². The van der Waals surface area contributed by atoms with E-state index in [1.165, 1.54) is 19.2 Å². The third-order valence-corrected chi connectivity index (χ3v) is 5.09. The number of hydrogen-bond donors (Lipinski definition) is 0. The van der Waals surface area contributed by atoms with E-state index in [9.17, 15) is 14.0 Å². The van der Waals surface area contributed by atoms with Crippen LogP contribution in [-0.4, -0.2) is 30.0 Å². The third kappa shape index (κ3) is 3.89. The molecule has 1 amide bonds. The second kappa shape index (κ2) is 8.37. The average molecular weight is 405 g/mol. The van der Waals surface area contributed by atoms with Crippen molar-refractivity contribution in [2.24, 2.45) is 0 Å². The molecule has 0 saturated carbocycles. The first-order valence-electron chi connectivity index (χ1n) is 9.52. The van der Waals surface area contributed by atoms with E-state index in [2.05, 4.69) is 0 Å². The fraction of sp³-hybridized carbons (Fsp3) is 0.167. The third-order valence-electron chi connectivity index (χ3n) is 5.09. The standard InChI is InChI=1S/C24H20FNO4/c1-29-24(28)18-11-9-17(10-12-18)21-22(30-20-5-3-2-4-6-20)23(27)26(21)15-16-7-13-19(25)14-8-16/h2-14,21-22H,15H2,1H3. The van der Waals surface area contributed by atoms with E-state index in [0.717, 1.165) is 11.1 Å². The first-order valence-corrected chi connectivity index (χ1v) is 9.52. The highest BCUT2D eigenvalue weighted by atomic mass is 19.1. The molecular formula is C24H20FNO4. The molecule has 0 aliphatic carbocycles. The minimum absolute atomic E-state index is 0.148. The lowest BCUT2D eigenvalue weighted by Gasteiger charge is -2.47. The van der Waals surface area contributed by atoms with E-state index >= 15 is 0 Å². The van der Waals surface area contributed by atoms with Crippen molar-refractivity contribution < 1.29 is 23.5 Å². The van der Waals surface area contributed by atoms with Gasteiger partial charge in [-0.15, -0.1) is 0 Å². The van der Waals surface area contributed by atoms with Crippen molar-refractivity contribution in [2.45, 2.75) is 18.7 Å². The van der Waals surface area contributed by atoms with Gasteiger partial charge in [-0.2, -0.15) is 0 Å². The van der Waals surface area contributed by atoms with E-state index in [1.54, 1.807) is 53.4 Å². The van der Waals surface area contributed by atoms with Gasteiger partial charge >= 0.3 is 5.97 Å². The molecule has 30 heavy (non-hydrogen) atoms. The number of likely N-dealkylation sites (tertiary alicyclic amines) is 1. The molecule has 2 unspecified atom stereocenters. The number of methoxy groups -OCH3 is 1. The molecule has 5 nitrogen and oxygen atoms in total. The molecule has 1 heterocycles. The topological polar surface area (TPSA) is 55.8 Å². The van der Waals surface area contributed by atoms with Gasteiger partial charge in [-0.05, 0) is 47.5 Å². The minimum atomic E-state index is -0.683. The average Bonchev–Trinajstić information content (AvgIpc) is 2.79. The number of esters is 1. The predicted octanol–water partition coefficient (Wildman–Crippen LogP) is 4.14. The summed E-state index contributed by atoms with van der Waals surface area (Å²) in [5.41, 5.74) is 2.09. The molecule has 0 bridgehead atoms. The maximum absolute atomic E-state index is 13.2. The van der Waals surface area contributed by atoms with Crippen LogP contribution in [0, 0.1) is 5.82 Å². The number of para-hydroxylation sites is 1. The zero-order valence-corrected chi connectivity index (χ0v) is 16.3. The molecule has 0 N–H and O–H groups in total. The first kappa shape index (κ1) is 19.6. The van der Waals surface area contributed by atoms with Crippen molar-refractivity contribution in [3.05, 3.63) is 101 Å². The molecule has 0 radical (unpaired) electrons. The van der Waals surface area contributed by atoms with E-state index in [0.29, 0.717) is 17.9 Å². The Kier molecular flexibility index (Phi) is 5.48. The molecule has 2 atom stereocenters. The van der Waals surface area contributed by atoms with Crippen LogP contribution in [0.1, 0.15) is 27.5 Å². The van der Waals surface area contributed by atoms with Gasteiger partial charge in [0.05, 0.1) is 12.7 Å². The number of hydrogen-bond acceptors (Lipinski definition) is 4. The maximum atomic E-state index is 13.2. The van der Waals surface area contributed by atoms with Crippen LogP contribution < -0.4 is 4.74 Å². The lowest BCUT2D eigenvalue weighted by Crippen LogP contribution is -2.60. The number of amides is 1. The summed E-state index contributed by atoms with van der Waals surface area (Å²) >= 11 is 0. The first-order chi connectivity index (χ1) is 14.6. The SMILES string of the molecule is COC(=O)c1ccc(C2C(Oc3ccccc3)C(=O)N2Cc2ccc(F)cc2)cc1. The number of ether oxygens (including phenoxy) is 2. The van der Waals surface area contributed by atoms with Gasteiger partial charge in [0.25, 0.3) is 5.91 Å². The van der Waals surface area contributed by atoms with Gasteiger partial charge in [0.2, 0.25) is 6.10 Å². The lowest BCUT2D eigenvalue weighted by atomic mass is 9.89. The zero-order chi connectivity index (χ0) is 21.1. The van der Waals surface area contributed by atoms with E-state index < -0.39 is 12.1 Å². The summed E-state index contributed by atoms with van der Waals surface area (Å²) in [6.45, 7) is 0.331. The van der Waals surface area contributed by atoms with Gasteiger partial charge < -0.3 is 14.4 Å². The number of halogens is 1. The summed E-state index contributed by atoms with van der Waals surface area (Å²) in [6.07, 6.45) is -0.683. The van der Waals surface area contributed by atoms with Crippen LogP contribution in [0.5, 0.6) is 5.75 Å². The van der Waals surface area contributed by atoms with Crippen LogP contribution in [0.4, 0.5) is 4.39 Å². The van der Waals surface area contributed by atoms with Crippen LogP contribution in [0.2, 0.25) is 0 Å². The monoisotopic (exact) mass is 405 g/mol. The van der Waals surface area contributed by atoms with Crippen LogP contribution in [0.3, 0.4) is 0 Å². The number of β-lactam (4-membered cyclic amide) rings is 1. The highest BCUT2D eigenvalue weighted by molar-refractivity contribution is 5.90. The number of nitrogens with zero attached hydrogens (tertiary/aromatic N) is 1. The quantitative estimate of drug-likeness (QED) is 0.457. The normalized spacial score (nSPS) is 17.9. The maximum Gasteiger partial charge on any atom is 0.337 e. The molecule has 0 aromatic heterocycles. The van der Waals surface area contributed by atoms with Crippen molar-refractivity contribution in [1.29, 1.82) is 0 Å². The second-order valence-corrected chi connectivity index (χ2v) is 7.00. The highest BCUT2D eigenvalue weighted by Crippen LogP contribution is 2.39. The Bertz CT molecular complexity index is 1040.